The Morgan fingerprint density at radius 3 is 2.30 bits per heavy atom. The van der Waals surface area contributed by atoms with Gasteiger partial charge >= 0.3 is 6.09 Å². The van der Waals surface area contributed by atoms with Crippen LogP contribution in [0.15, 0.2) is 77.7 Å². The molecule has 0 saturated carbocycles. The van der Waals surface area contributed by atoms with Crippen molar-refractivity contribution in [1.82, 2.24) is 14.2 Å². The number of ether oxygens (including phenoxy) is 1. The maximum absolute atomic E-state index is 13.3. The van der Waals surface area contributed by atoms with Crippen molar-refractivity contribution in [3.63, 3.8) is 0 Å². The minimum absolute atomic E-state index is 0.0594. The fourth-order valence-electron chi connectivity index (χ4n) is 4.82. The van der Waals surface area contributed by atoms with E-state index in [-0.39, 0.29) is 24.2 Å². The van der Waals surface area contributed by atoms with Gasteiger partial charge in [0.15, 0.2) is 0 Å². The first-order chi connectivity index (χ1) is 17.6. The van der Waals surface area contributed by atoms with E-state index in [1.54, 1.807) is 34.8 Å². The Labute approximate surface area is 217 Å². The van der Waals surface area contributed by atoms with E-state index in [1.807, 2.05) is 61.5 Å². The third kappa shape index (κ3) is 6.29. The molecule has 2 atom stereocenters. The van der Waals surface area contributed by atoms with Crippen LogP contribution in [0.25, 0.3) is 11.1 Å². The van der Waals surface area contributed by atoms with Crippen LogP contribution in [0.3, 0.4) is 0 Å². The Morgan fingerprint density at radius 1 is 1.00 bits per heavy atom. The van der Waals surface area contributed by atoms with E-state index >= 15 is 0 Å². The van der Waals surface area contributed by atoms with Gasteiger partial charge in [-0.2, -0.15) is 0 Å². The molecule has 37 heavy (non-hydrogen) atoms. The quantitative estimate of drug-likeness (QED) is 0.425. The monoisotopic (exact) mass is 523 g/mol. The smallest absolute Gasteiger partial charge is 0.411 e. The number of rotatable bonds is 9. The number of amides is 1. The predicted octanol–water partition coefficient (Wildman–Crippen LogP) is 4.18. The van der Waals surface area contributed by atoms with Crippen LogP contribution < -0.4 is 10.3 Å². The first-order valence-corrected chi connectivity index (χ1v) is 14.2. The number of hydrogen-bond donors (Lipinski definition) is 1. The molecule has 0 bridgehead atoms. The Hall–Kier alpha value is -3.43. The molecule has 3 aromatic rings. The summed E-state index contributed by atoms with van der Waals surface area (Å²) in [6.07, 6.45) is 4.20. The summed E-state index contributed by atoms with van der Waals surface area (Å²) < 4.78 is 33.1. The summed E-state index contributed by atoms with van der Waals surface area (Å²) in [4.78, 5) is 26.7. The minimum atomic E-state index is -3.28. The number of aryl methyl sites for hydroxylation is 1. The normalized spacial score (nSPS) is 18.9. The summed E-state index contributed by atoms with van der Waals surface area (Å²) in [5.74, 6) is 0. The van der Waals surface area contributed by atoms with Crippen LogP contribution in [0.1, 0.15) is 43.4 Å². The molecule has 1 saturated heterocycles. The SMILES string of the molecule is C[C@@H](c1ccc(-c2ccc(=O)n(C)c2)cc1)N1CCC(CCCNS(C)(=O)=O)(c2ccccc2)OC1=O. The van der Waals surface area contributed by atoms with Crippen molar-refractivity contribution in [2.75, 3.05) is 19.3 Å². The molecule has 1 fully saturated rings. The van der Waals surface area contributed by atoms with Gasteiger partial charge < -0.3 is 14.2 Å². The highest BCUT2D eigenvalue weighted by Crippen LogP contribution is 2.40. The van der Waals surface area contributed by atoms with Crippen LogP contribution in [0.2, 0.25) is 0 Å². The van der Waals surface area contributed by atoms with Gasteiger partial charge in [0.25, 0.3) is 0 Å². The summed E-state index contributed by atoms with van der Waals surface area (Å²) in [6.45, 7) is 2.78. The number of sulfonamides is 1. The minimum Gasteiger partial charge on any atom is -0.438 e. The largest absolute Gasteiger partial charge is 0.438 e. The second-order valence-corrected chi connectivity index (χ2v) is 11.4. The molecule has 0 aliphatic carbocycles. The molecule has 1 aliphatic rings. The molecule has 1 unspecified atom stereocenters. The molecule has 1 aliphatic heterocycles. The second kappa shape index (κ2) is 10.9. The van der Waals surface area contributed by atoms with Crippen molar-refractivity contribution >= 4 is 16.1 Å². The fourth-order valence-corrected chi connectivity index (χ4v) is 5.33. The average Bonchev–Trinajstić information content (AvgIpc) is 2.88. The molecule has 2 heterocycles. The first kappa shape index (κ1) is 26.6. The van der Waals surface area contributed by atoms with Gasteiger partial charge in [0.05, 0.1) is 12.3 Å². The number of carbonyl (C=O) groups is 1. The van der Waals surface area contributed by atoms with E-state index in [1.165, 1.54) is 0 Å². The molecule has 196 valence electrons. The number of cyclic esters (lactones) is 1. The highest BCUT2D eigenvalue weighted by atomic mass is 32.2. The molecule has 1 amide bonds. The Kier molecular flexibility index (Phi) is 7.85. The summed E-state index contributed by atoms with van der Waals surface area (Å²) in [5, 5.41) is 0. The number of nitrogens with one attached hydrogen (secondary N) is 1. The zero-order chi connectivity index (χ0) is 26.6. The van der Waals surface area contributed by atoms with E-state index in [0.29, 0.717) is 25.8 Å². The topological polar surface area (TPSA) is 97.7 Å². The first-order valence-electron chi connectivity index (χ1n) is 12.3. The van der Waals surface area contributed by atoms with Gasteiger partial charge in [0, 0.05) is 38.8 Å². The lowest BCUT2D eigenvalue weighted by Gasteiger charge is -2.43. The van der Waals surface area contributed by atoms with Crippen molar-refractivity contribution in [3.8, 4) is 11.1 Å². The molecule has 0 spiro atoms. The lowest BCUT2D eigenvalue weighted by atomic mass is 9.84. The van der Waals surface area contributed by atoms with Crippen molar-refractivity contribution < 1.29 is 17.9 Å². The molecular formula is C28H33N3O5S. The zero-order valence-electron chi connectivity index (χ0n) is 21.4. The standard InChI is InChI=1S/C28H33N3O5S/c1-21(22-10-12-23(13-11-22)24-14-15-26(32)30(2)20-24)31-19-17-28(36-27(31)33,25-8-5-4-6-9-25)16-7-18-29-37(3,34)35/h4-6,8-15,20-21,29H,7,16-19H2,1-3H3/t21-,28?/m0/s1. The Bertz CT molecular complexity index is 1400. The van der Waals surface area contributed by atoms with Gasteiger partial charge in [-0.3, -0.25) is 4.79 Å². The van der Waals surface area contributed by atoms with Gasteiger partial charge in [-0.25, -0.2) is 17.9 Å². The van der Waals surface area contributed by atoms with Gasteiger partial charge in [0.1, 0.15) is 5.60 Å². The maximum Gasteiger partial charge on any atom is 0.411 e. The van der Waals surface area contributed by atoms with Crippen molar-refractivity contribution in [1.29, 1.82) is 0 Å². The van der Waals surface area contributed by atoms with Crippen LogP contribution in [0.4, 0.5) is 4.79 Å². The highest BCUT2D eigenvalue weighted by molar-refractivity contribution is 7.88. The molecule has 4 rings (SSSR count). The lowest BCUT2D eigenvalue weighted by molar-refractivity contribution is -0.0662. The van der Waals surface area contributed by atoms with Gasteiger partial charge in [-0.15, -0.1) is 0 Å². The number of benzene rings is 2. The number of hydrogen-bond acceptors (Lipinski definition) is 5. The van der Waals surface area contributed by atoms with Gasteiger partial charge in [-0.05, 0) is 48.1 Å². The van der Waals surface area contributed by atoms with E-state index in [4.69, 9.17) is 4.74 Å². The number of pyridine rings is 1. The number of nitrogens with zero attached hydrogens (tertiary/aromatic N) is 2. The van der Waals surface area contributed by atoms with Crippen LogP contribution >= 0.6 is 0 Å². The molecular weight excluding hydrogens is 490 g/mol. The molecule has 8 nitrogen and oxygen atoms in total. The van der Waals surface area contributed by atoms with Crippen LogP contribution in [-0.2, 0) is 27.4 Å². The average molecular weight is 524 g/mol. The number of aromatic nitrogens is 1. The second-order valence-electron chi connectivity index (χ2n) is 9.61. The van der Waals surface area contributed by atoms with E-state index < -0.39 is 15.6 Å². The zero-order valence-corrected chi connectivity index (χ0v) is 22.2. The number of carbonyl (C=O) groups excluding carboxylic acids is 1. The third-order valence-electron chi connectivity index (χ3n) is 6.98. The maximum atomic E-state index is 13.3. The Balaban J connectivity index is 1.48. The van der Waals surface area contributed by atoms with Gasteiger partial charge in [-0.1, -0.05) is 54.6 Å². The molecule has 0 radical (unpaired) electrons. The summed E-state index contributed by atoms with van der Waals surface area (Å²) >= 11 is 0. The summed E-state index contributed by atoms with van der Waals surface area (Å²) in [7, 11) is -1.55. The Morgan fingerprint density at radius 2 is 1.68 bits per heavy atom. The summed E-state index contributed by atoms with van der Waals surface area (Å²) in [5.41, 5.74) is 2.96. The summed E-state index contributed by atoms with van der Waals surface area (Å²) in [6, 6.07) is 20.8. The fraction of sp³-hybridized carbons (Fsp3) is 0.357. The van der Waals surface area contributed by atoms with Crippen molar-refractivity contribution in [2.45, 2.75) is 37.8 Å². The van der Waals surface area contributed by atoms with Crippen LogP contribution in [0, 0.1) is 0 Å². The van der Waals surface area contributed by atoms with Crippen LogP contribution in [-0.4, -0.2) is 43.3 Å². The predicted molar refractivity (Wildman–Crippen MR) is 144 cm³/mol. The molecule has 1 N–H and O–H groups in total. The molecule has 2 aromatic carbocycles. The van der Waals surface area contributed by atoms with E-state index in [0.717, 1.165) is 28.5 Å². The molecule has 9 heteroatoms. The van der Waals surface area contributed by atoms with E-state index in [2.05, 4.69) is 4.72 Å². The van der Waals surface area contributed by atoms with E-state index in [9.17, 15) is 18.0 Å². The molecule has 1 aromatic heterocycles. The lowest BCUT2D eigenvalue weighted by Crippen LogP contribution is -2.49. The van der Waals surface area contributed by atoms with Gasteiger partial charge in [0.2, 0.25) is 15.6 Å². The highest BCUT2D eigenvalue weighted by Gasteiger charge is 2.43. The van der Waals surface area contributed by atoms with Crippen molar-refractivity contribution in [2.24, 2.45) is 7.05 Å². The third-order valence-corrected chi connectivity index (χ3v) is 7.70. The van der Waals surface area contributed by atoms with Crippen molar-refractivity contribution in [3.05, 3.63) is 94.4 Å². The van der Waals surface area contributed by atoms with Crippen LogP contribution in [0.5, 0.6) is 0 Å².